The Morgan fingerprint density at radius 3 is 2.35 bits per heavy atom. The molecular weight excluding hydrogens is 254 g/mol. The molecule has 3 rings (SSSR count). The molecule has 20 heavy (non-hydrogen) atoms. The lowest BCUT2D eigenvalue weighted by Crippen LogP contribution is -2.51. The number of nitrogens with zero attached hydrogens (tertiary/aromatic N) is 2. The van der Waals surface area contributed by atoms with Gasteiger partial charge in [0.1, 0.15) is 0 Å². The number of carbonyl (C=O) groups excluding carboxylic acids is 2. The van der Waals surface area contributed by atoms with Gasteiger partial charge in [0.25, 0.3) is 0 Å². The first-order valence-corrected chi connectivity index (χ1v) is 7.06. The fourth-order valence-corrected chi connectivity index (χ4v) is 2.91. The van der Waals surface area contributed by atoms with Gasteiger partial charge in [-0.05, 0) is 5.56 Å². The van der Waals surface area contributed by atoms with Crippen molar-refractivity contribution >= 4 is 11.8 Å². The van der Waals surface area contributed by atoms with Crippen LogP contribution in [0.5, 0.6) is 0 Å². The van der Waals surface area contributed by atoms with Crippen molar-refractivity contribution in [2.45, 2.75) is 19.0 Å². The maximum atomic E-state index is 11.7. The summed E-state index contributed by atoms with van der Waals surface area (Å²) in [6.07, 6.45) is 0.317. The minimum Gasteiger partial charge on any atom is -0.297 e. The van der Waals surface area contributed by atoms with E-state index in [0.717, 1.165) is 32.7 Å². The molecule has 0 unspecified atom stereocenters. The predicted molar refractivity (Wildman–Crippen MR) is 74.8 cm³/mol. The van der Waals surface area contributed by atoms with E-state index in [1.165, 1.54) is 5.56 Å². The second kappa shape index (κ2) is 5.73. The molecular formula is C15H19N3O2. The van der Waals surface area contributed by atoms with Gasteiger partial charge in [0, 0.05) is 32.7 Å². The fraction of sp³-hybridized carbons (Fsp3) is 0.467. The summed E-state index contributed by atoms with van der Waals surface area (Å²) in [6, 6.07) is 10.2. The normalized spacial score (nSPS) is 24.9. The molecule has 2 aliphatic heterocycles. The third-order valence-electron chi connectivity index (χ3n) is 4.04. The fourth-order valence-electron chi connectivity index (χ4n) is 2.91. The van der Waals surface area contributed by atoms with E-state index in [-0.39, 0.29) is 17.9 Å². The molecule has 2 saturated heterocycles. The summed E-state index contributed by atoms with van der Waals surface area (Å²) >= 11 is 0. The molecule has 2 heterocycles. The molecule has 0 aliphatic carbocycles. The first kappa shape index (κ1) is 13.3. The first-order valence-electron chi connectivity index (χ1n) is 7.06. The molecule has 106 valence electrons. The number of rotatable bonds is 3. The van der Waals surface area contributed by atoms with Crippen molar-refractivity contribution in [1.29, 1.82) is 0 Å². The Labute approximate surface area is 118 Å². The summed E-state index contributed by atoms with van der Waals surface area (Å²) < 4.78 is 0. The lowest BCUT2D eigenvalue weighted by atomic mass is 10.1. The highest BCUT2D eigenvalue weighted by molar-refractivity contribution is 6.05. The Hall–Kier alpha value is -1.72. The molecule has 2 amide bonds. The highest BCUT2D eigenvalue weighted by Gasteiger charge is 2.36. The summed E-state index contributed by atoms with van der Waals surface area (Å²) in [5.41, 5.74) is 1.31. The third kappa shape index (κ3) is 2.89. The summed E-state index contributed by atoms with van der Waals surface area (Å²) in [7, 11) is 0. The molecule has 1 aromatic carbocycles. The minimum absolute atomic E-state index is 0.133. The maximum absolute atomic E-state index is 11.7. The zero-order valence-electron chi connectivity index (χ0n) is 11.4. The van der Waals surface area contributed by atoms with Crippen molar-refractivity contribution in [3.05, 3.63) is 35.9 Å². The Bertz CT molecular complexity index is 495. The van der Waals surface area contributed by atoms with Crippen LogP contribution in [0.25, 0.3) is 0 Å². The standard InChI is InChI=1S/C15H19N3O2/c19-14-10-13(15(20)16-14)18-8-6-17(7-9-18)11-12-4-2-1-3-5-12/h1-5,13H,6-11H2,(H,16,19,20)/t13-/m0/s1. The summed E-state index contributed by atoms with van der Waals surface area (Å²) in [6.45, 7) is 4.51. The van der Waals surface area contributed by atoms with Crippen LogP contribution in [0, 0.1) is 0 Å². The Kier molecular flexibility index (Phi) is 3.80. The zero-order valence-corrected chi connectivity index (χ0v) is 11.4. The molecule has 1 aromatic rings. The van der Waals surface area contributed by atoms with Crippen LogP contribution in [0.1, 0.15) is 12.0 Å². The van der Waals surface area contributed by atoms with Crippen LogP contribution < -0.4 is 5.32 Å². The number of hydrogen-bond donors (Lipinski definition) is 1. The van der Waals surface area contributed by atoms with Gasteiger partial charge in [-0.25, -0.2) is 0 Å². The van der Waals surface area contributed by atoms with Gasteiger partial charge >= 0.3 is 0 Å². The molecule has 1 N–H and O–H groups in total. The first-order chi connectivity index (χ1) is 9.72. The van der Waals surface area contributed by atoms with E-state index < -0.39 is 0 Å². The van der Waals surface area contributed by atoms with Gasteiger partial charge in [-0.1, -0.05) is 30.3 Å². The van der Waals surface area contributed by atoms with E-state index in [4.69, 9.17) is 0 Å². The third-order valence-corrected chi connectivity index (χ3v) is 4.04. The highest BCUT2D eigenvalue weighted by Crippen LogP contribution is 2.15. The Morgan fingerprint density at radius 2 is 1.75 bits per heavy atom. The number of carbonyl (C=O) groups is 2. The van der Waals surface area contributed by atoms with Crippen molar-refractivity contribution in [2.75, 3.05) is 26.2 Å². The average Bonchev–Trinajstić information content (AvgIpc) is 2.80. The van der Waals surface area contributed by atoms with Crippen molar-refractivity contribution in [3.63, 3.8) is 0 Å². The van der Waals surface area contributed by atoms with Crippen LogP contribution in [0.15, 0.2) is 30.3 Å². The van der Waals surface area contributed by atoms with Gasteiger partial charge in [-0.3, -0.25) is 24.7 Å². The molecule has 0 saturated carbocycles. The van der Waals surface area contributed by atoms with E-state index in [2.05, 4.69) is 39.4 Å². The topological polar surface area (TPSA) is 52.7 Å². The quantitative estimate of drug-likeness (QED) is 0.801. The monoisotopic (exact) mass is 273 g/mol. The number of amides is 2. The number of piperazine rings is 1. The van der Waals surface area contributed by atoms with Gasteiger partial charge in [-0.2, -0.15) is 0 Å². The van der Waals surface area contributed by atoms with Gasteiger partial charge < -0.3 is 0 Å². The van der Waals surface area contributed by atoms with Gasteiger partial charge in [-0.15, -0.1) is 0 Å². The predicted octanol–water partition coefficient (Wildman–Crippen LogP) is 0.219. The van der Waals surface area contributed by atoms with Crippen molar-refractivity contribution < 1.29 is 9.59 Å². The molecule has 0 spiro atoms. The molecule has 5 nitrogen and oxygen atoms in total. The Morgan fingerprint density at radius 1 is 1.05 bits per heavy atom. The van der Waals surface area contributed by atoms with E-state index in [9.17, 15) is 9.59 Å². The molecule has 5 heteroatoms. The van der Waals surface area contributed by atoms with Crippen molar-refractivity contribution in [1.82, 2.24) is 15.1 Å². The number of benzene rings is 1. The molecule has 2 aliphatic rings. The van der Waals surface area contributed by atoms with E-state index >= 15 is 0 Å². The summed E-state index contributed by atoms with van der Waals surface area (Å²) in [5, 5.41) is 2.38. The van der Waals surface area contributed by atoms with Crippen molar-refractivity contribution in [3.8, 4) is 0 Å². The highest BCUT2D eigenvalue weighted by atomic mass is 16.2. The lowest BCUT2D eigenvalue weighted by Gasteiger charge is -2.36. The maximum Gasteiger partial charge on any atom is 0.244 e. The van der Waals surface area contributed by atoms with E-state index in [1.807, 2.05) is 6.07 Å². The largest absolute Gasteiger partial charge is 0.297 e. The van der Waals surface area contributed by atoms with Crippen LogP contribution in [-0.4, -0.2) is 53.8 Å². The van der Waals surface area contributed by atoms with E-state index in [0.29, 0.717) is 6.42 Å². The summed E-state index contributed by atoms with van der Waals surface area (Å²) in [4.78, 5) is 27.4. The van der Waals surface area contributed by atoms with Gasteiger partial charge in [0.15, 0.2) is 0 Å². The molecule has 2 fully saturated rings. The van der Waals surface area contributed by atoms with Gasteiger partial charge in [0.2, 0.25) is 11.8 Å². The number of nitrogens with one attached hydrogen (secondary N) is 1. The van der Waals surface area contributed by atoms with Crippen LogP contribution in [0.2, 0.25) is 0 Å². The zero-order chi connectivity index (χ0) is 13.9. The van der Waals surface area contributed by atoms with Crippen LogP contribution in [0.4, 0.5) is 0 Å². The van der Waals surface area contributed by atoms with Gasteiger partial charge in [0.05, 0.1) is 12.5 Å². The molecule has 0 bridgehead atoms. The van der Waals surface area contributed by atoms with Crippen LogP contribution >= 0.6 is 0 Å². The molecule has 0 aromatic heterocycles. The number of hydrogen-bond acceptors (Lipinski definition) is 4. The number of imide groups is 1. The minimum atomic E-state index is -0.249. The van der Waals surface area contributed by atoms with Crippen LogP contribution in [-0.2, 0) is 16.1 Å². The average molecular weight is 273 g/mol. The second-order valence-corrected chi connectivity index (χ2v) is 5.43. The molecule has 0 radical (unpaired) electrons. The SMILES string of the molecule is O=C1C[C@H](N2CCN(Cc3ccccc3)CC2)C(=O)N1. The lowest BCUT2D eigenvalue weighted by molar-refractivity contribution is -0.126. The second-order valence-electron chi connectivity index (χ2n) is 5.43. The Balaban J connectivity index is 1.52. The summed E-state index contributed by atoms with van der Waals surface area (Å²) in [5.74, 6) is -0.279. The van der Waals surface area contributed by atoms with Crippen LogP contribution in [0.3, 0.4) is 0 Å². The van der Waals surface area contributed by atoms with E-state index in [1.54, 1.807) is 0 Å². The van der Waals surface area contributed by atoms with Crippen molar-refractivity contribution in [2.24, 2.45) is 0 Å². The molecule has 1 atom stereocenters. The smallest absolute Gasteiger partial charge is 0.244 e.